The van der Waals surface area contributed by atoms with E-state index in [1.165, 1.54) is 0 Å². The first-order valence-corrected chi connectivity index (χ1v) is 6.53. The molecule has 1 atom stereocenters. The second-order valence-corrected chi connectivity index (χ2v) is 4.45. The van der Waals surface area contributed by atoms with E-state index in [-0.39, 0.29) is 13.2 Å². The van der Waals surface area contributed by atoms with Crippen LogP contribution in [0, 0.1) is 11.3 Å². The number of anilines is 1. The lowest BCUT2D eigenvalue weighted by atomic mass is 10.2. The van der Waals surface area contributed by atoms with E-state index in [0.717, 1.165) is 0 Å². The van der Waals surface area contributed by atoms with Crippen LogP contribution in [0.3, 0.4) is 0 Å². The van der Waals surface area contributed by atoms with E-state index < -0.39 is 6.10 Å². The molecular formula is C16H16N2O3. The summed E-state index contributed by atoms with van der Waals surface area (Å²) in [6.45, 7) is -0.0735. The molecule has 2 aromatic carbocycles. The van der Waals surface area contributed by atoms with Crippen molar-refractivity contribution in [2.75, 3.05) is 18.5 Å². The number of hydrogen-bond acceptors (Lipinski definition) is 5. The van der Waals surface area contributed by atoms with Gasteiger partial charge in [0, 0.05) is 6.54 Å². The molecule has 0 aliphatic heterocycles. The van der Waals surface area contributed by atoms with E-state index >= 15 is 0 Å². The molecule has 0 aromatic heterocycles. The normalized spacial score (nSPS) is 11.5. The second-order valence-electron chi connectivity index (χ2n) is 4.45. The summed E-state index contributed by atoms with van der Waals surface area (Å²) >= 11 is 0. The largest absolute Gasteiger partial charge is 0.455 e. The molecule has 0 bridgehead atoms. The molecule has 0 radical (unpaired) electrons. The Kier molecular flexibility index (Phi) is 5.16. The molecule has 1 unspecified atom stereocenters. The predicted molar refractivity (Wildman–Crippen MR) is 79.3 cm³/mol. The summed E-state index contributed by atoms with van der Waals surface area (Å²) in [4.78, 5) is 0. The summed E-state index contributed by atoms with van der Waals surface area (Å²) in [7, 11) is 0. The van der Waals surface area contributed by atoms with Gasteiger partial charge in [-0.05, 0) is 36.4 Å². The van der Waals surface area contributed by atoms with E-state index in [1.807, 2.05) is 24.3 Å². The van der Waals surface area contributed by atoms with Gasteiger partial charge >= 0.3 is 0 Å². The standard InChI is InChI=1S/C16H16N2O3/c17-9-12-5-7-14(8-6-12)21-16-4-2-1-3-15(16)18-10-13(20)11-19/h1-8,13,18-20H,10-11H2. The zero-order valence-electron chi connectivity index (χ0n) is 11.4. The van der Waals surface area contributed by atoms with Crippen molar-refractivity contribution in [3.05, 3.63) is 54.1 Å². The summed E-state index contributed by atoms with van der Waals surface area (Å²) in [5, 5.41) is 30.0. The zero-order valence-corrected chi connectivity index (χ0v) is 11.4. The summed E-state index contributed by atoms with van der Waals surface area (Å²) in [6.07, 6.45) is -0.826. The molecule has 0 fully saturated rings. The molecule has 0 saturated carbocycles. The molecule has 21 heavy (non-hydrogen) atoms. The van der Waals surface area contributed by atoms with Crippen LogP contribution < -0.4 is 10.1 Å². The van der Waals surface area contributed by atoms with Crippen molar-refractivity contribution in [3.8, 4) is 17.6 Å². The Hall–Kier alpha value is -2.55. The Morgan fingerprint density at radius 2 is 1.86 bits per heavy atom. The van der Waals surface area contributed by atoms with E-state index in [2.05, 4.69) is 5.32 Å². The van der Waals surface area contributed by atoms with Gasteiger partial charge in [-0.3, -0.25) is 0 Å². The van der Waals surface area contributed by atoms with E-state index in [1.54, 1.807) is 30.3 Å². The fraction of sp³-hybridized carbons (Fsp3) is 0.188. The summed E-state index contributed by atoms with van der Waals surface area (Å²) in [5.74, 6) is 1.22. The van der Waals surface area contributed by atoms with Crippen molar-refractivity contribution in [1.82, 2.24) is 0 Å². The summed E-state index contributed by atoms with van der Waals surface area (Å²) < 4.78 is 5.76. The van der Waals surface area contributed by atoms with E-state index in [9.17, 15) is 5.11 Å². The predicted octanol–water partition coefficient (Wildman–Crippen LogP) is 2.12. The Morgan fingerprint density at radius 1 is 1.14 bits per heavy atom. The van der Waals surface area contributed by atoms with Gasteiger partial charge in [0.1, 0.15) is 5.75 Å². The molecular weight excluding hydrogens is 268 g/mol. The SMILES string of the molecule is N#Cc1ccc(Oc2ccccc2NCC(O)CO)cc1. The maximum absolute atomic E-state index is 9.37. The van der Waals surface area contributed by atoms with Crippen molar-refractivity contribution in [2.24, 2.45) is 0 Å². The Labute approximate surface area is 123 Å². The minimum atomic E-state index is -0.826. The van der Waals surface area contributed by atoms with Crippen LogP contribution in [0.1, 0.15) is 5.56 Å². The monoisotopic (exact) mass is 284 g/mol. The third-order valence-electron chi connectivity index (χ3n) is 2.84. The third-order valence-corrected chi connectivity index (χ3v) is 2.84. The number of rotatable bonds is 6. The molecule has 0 amide bonds. The van der Waals surface area contributed by atoms with Gasteiger partial charge in [-0.2, -0.15) is 5.26 Å². The van der Waals surface area contributed by atoms with Crippen LogP contribution in [0.15, 0.2) is 48.5 Å². The van der Waals surface area contributed by atoms with Gasteiger partial charge in [0.25, 0.3) is 0 Å². The molecule has 2 rings (SSSR count). The number of nitrogens with zero attached hydrogens (tertiary/aromatic N) is 1. The number of ether oxygens (including phenoxy) is 1. The van der Waals surface area contributed by atoms with Crippen LogP contribution in [-0.2, 0) is 0 Å². The zero-order chi connectivity index (χ0) is 15.1. The van der Waals surface area contributed by atoms with E-state index in [0.29, 0.717) is 22.7 Å². The van der Waals surface area contributed by atoms with Crippen molar-refractivity contribution in [3.63, 3.8) is 0 Å². The van der Waals surface area contributed by atoms with E-state index in [4.69, 9.17) is 15.1 Å². The molecule has 108 valence electrons. The highest BCUT2D eigenvalue weighted by Crippen LogP contribution is 2.29. The lowest BCUT2D eigenvalue weighted by Gasteiger charge is -2.14. The fourth-order valence-corrected chi connectivity index (χ4v) is 1.72. The molecule has 0 spiro atoms. The van der Waals surface area contributed by atoms with Crippen LogP contribution in [-0.4, -0.2) is 29.5 Å². The number of aliphatic hydroxyl groups is 2. The first-order valence-electron chi connectivity index (χ1n) is 6.53. The molecule has 2 aromatic rings. The topological polar surface area (TPSA) is 85.5 Å². The second kappa shape index (κ2) is 7.29. The van der Waals surface area contributed by atoms with Gasteiger partial charge in [-0.15, -0.1) is 0 Å². The van der Waals surface area contributed by atoms with Gasteiger partial charge in [0.2, 0.25) is 0 Å². The first-order chi connectivity index (χ1) is 10.2. The van der Waals surface area contributed by atoms with Crippen LogP contribution in [0.25, 0.3) is 0 Å². The van der Waals surface area contributed by atoms with Gasteiger partial charge in [0.05, 0.1) is 30.0 Å². The smallest absolute Gasteiger partial charge is 0.150 e. The lowest BCUT2D eigenvalue weighted by Crippen LogP contribution is -2.23. The number of benzene rings is 2. The molecule has 0 aliphatic carbocycles. The van der Waals surface area contributed by atoms with Crippen molar-refractivity contribution in [2.45, 2.75) is 6.10 Å². The van der Waals surface area contributed by atoms with Gasteiger partial charge in [-0.25, -0.2) is 0 Å². The molecule has 3 N–H and O–H groups in total. The Balaban J connectivity index is 2.10. The molecule has 5 heteroatoms. The first kappa shape index (κ1) is 14.9. The van der Waals surface area contributed by atoms with Crippen LogP contribution in [0.2, 0.25) is 0 Å². The number of aliphatic hydroxyl groups excluding tert-OH is 2. The quantitative estimate of drug-likeness (QED) is 0.756. The van der Waals surface area contributed by atoms with Gasteiger partial charge in [-0.1, -0.05) is 12.1 Å². The molecule has 5 nitrogen and oxygen atoms in total. The van der Waals surface area contributed by atoms with Gasteiger partial charge in [0.15, 0.2) is 5.75 Å². The number of nitrogens with one attached hydrogen (secondary N) is 1. The maximum Gasteiger partial charge on any atom is 0.150 e. The number of hydrogen-bond donors (Lipinski definition) is 3. The summed E-state index contributed by atoms with van der Waals surface area (Å²) in [6, 6.07) is 16.2. The van der Waals surface area contributed by atoms with Crippen molar-refractivity contribution in [1.29, 1.82) is 5.26 Å². The maximum atomic E-state index is 9.37. The van der Waals surface area contributed by atoms with Crippen molar-refractivity contribution < 1.29 is 14.9 Å². The van der Waals surface area contributed by atoms with Crippen molar-refractivity contribution >= 4 is 5.69 Å². The van der Waals surface area contributed by atoms with Crippen LogP contribution in [0.5, 0.6) is 11.5 Å². The number of para-hydroxylation sites is 2. The average Bonchev–Trinajstić information content (AvgIpc) is 2.54. The highest BCUT2D eigenvalue weighted by molar-refractivity contribution is 5.57. The van der Waals surface area contributed by atoms with Crippen LogP contribution in [0.4, 0.5) is 5.69 Å². The molecule has 0 saturated heterocycles. The minimum absolute atomic E-state index is 0.226. The fourth-order valence-electron chi connectivity index (χ4n) is 1.72. The Bertz CT molecular complexity index is 620. The average molecular weight is 284 g/mol. The minimum Gasteiger partial charge on any atom is -0.455 e. The Morgan fingerprint density at radius 3 is 2.52 bits per heavy atom. The molecule has 0 aliphatic rings. The highest BCUT2D eigenvalue weighted by Gasteiger charge is 2.07. The van der Waals surface area contributed by atoms with Gasteiger partial charge < -0.3 is 20.3 Å². The summed E-state index contributed by atoms with van der Waals surface area (Å²) in [5.41, 5.74) is 1.29. The highest BCUT2D eigenvalue weighted by atomic mass is 16.5. The lowest BCUT2D eigenvalue weighted by molar-refractivity contribution is 0.105. The van der Waals surface area contributed by atoms with Crippen LogP contribution >= 0.6 is 0 Å². The number of nitriles is 1. The molecule has 0 heterocycles. The third kappa shape index (κ3) is 4.21.